The number of nitrogens with zero attached hydrogens (tertiary/aromatic N) is 2. The SMILES string of the molecule is C=CCNc1nccn1-c1ccc(CCCC)cc1. The van der Waals surface area contributed by atoms with Gasteiger partial charge in [-0.1, -0.05) is 31.6 Å². The van der Waals surface area contributed by atoms with Gasteiger partial charge in [-0.05, 0) is 30.5 Å². The summed E-state index contributed by atoms with van der Waals surface area (Å²) in [6.07, 6.45) is 9.23. The van der Waals surface area contributed by atoms with E-state index in [2.05, 4.69) is 48.1 Å². The van der Waals surface area contributed by atoms with Crippen LogP contribution in [0.4, 0.5) is 5.95 Å². The molecular formula is C16H21N3. The quantitative estimate of drug-likeness (QED) is 0.762. The Hall–Kier alpha value is -2.03. The predicted octanol–water partition coefficient (Wildman–Crippen LogP) is 3.81. The maximum atomic E-state index is 4.31. The Labute approximate surface area is 115 Å². The molecule has 0 aliphatic rings. The molecule has 3 heteroatoms. The maximum absolute atomic E-state index is 4.31. The molecule has 3 nitrogen and oxygen atoms in total. The lowest BCUT2D eigenvalue weighted by Gasteiger charge is -2.09. The third kappa shape index (κ3) is 3.47. The van der Waals surface area contributed by atoms with Crippen molar-refractivity contribution in [3.63, 3.8) is 0 Å². The molecule has 1 N–H and O–H groups in total. The fraction of sp³-hybridized carbons (Fsp3) is 0.312. The Bertz CT molecular complexity index is 511. The number of aryl methyl sites for hydroxylation is 1. The highest BCUT2D eigenvalue weighted by Gasteiger charge is 2.03. The monoisotopic (exact) mass is 255 g/mol. The number of hydrogen-bond donors (Lipinski definition) is 1. The number of anilines is 1. The van der Waals surface area contributed by atoms with Gasteiger partial charge in [0, 0.05) is 24.6 Å². The third-order valence-corrected chi connectivity index (χ3v) is 3.08. The van der Waals surface area contributed by atoms with E-state index in [1.165, 1.54) is 18.4 Å². The maximum Gasteiger partial charge on any atom is 0.207 e. The average Bonchev–Trinajstić information content (AvgIpc) is 2.92. The molecule has 0 fully saturated rings. The zero-order valence-corrected chi connectivity index (χ0v) is 11.5. The van der Waals surface area contributed by atoms with Crippen molar-refractivity contribution in [3.05, 3.63) is 54.9 Å². The van der Waals surface area contributed by atoms with Crippen LogP contribution in [-0.2, 0) is 6.42 Å². The Morgan fingerprint density at radius 3 is 2.79 bits per heavy atom. The molecule has 0 aliphatic heterocycles. The van der Waals surface area contributed by atoms with Crippen LogP contribution in [0.25, 0.3) is 5.69 Å². The van der Waals surface area contributed by atoms with Gasteiger partial charge in [0.15, 0.2) is 0 Å². The van der Waals surface area contributed by atoms with Gasteiger partial charge in [-0.25, -0.2) is 4.98 Å². The van der Waals surface area contributed by atoms with E-state index in [1.807, 2.05) is 16.8 Å². The Balaban J connectivity index is 2.13. The Morgan fingerprint density at radius 1 is 1.32 bits per heavy atom. The summed E-state index contributed by atoms with van der Waals surface area (Å²) < 4.78 is 2.05. The van der Waals surface area contributed by atoms with Gasteiger partial charge in [0.25, 0.3) is 0 Å². The summed E-state index contributed by atoms with van der Waals surface area (Å²) in [5, 5.41) is 3.22. The normalized spacial score (nSPS) is 10.4. The van der Waals surface area contributed by atoms with Crippen molar-refractivity contribution in [2.75, 3.05) is 11.9 Å². The first-order valence-corrected chi connectivity index (χ1v) is 6.82. The predicted molar refractivity (Wildman–Crippen MR) is 80.9 cm³/mol. The molecule has 1 aromatic carbocycles. The molecule has 0 unspecified atom stereocenters. The first kappa shape index (κ1) is 13.4. The van der Waals surface area contributed by atoms with Crippen molar-refractivity contribution in [2.45, 2.75) is 26.2 Å². The fourth-order valence-corrected chi connectivity index (χ4v) is 2.01. The summed E-state index contributed by atoms with van der Waals surface area (Å²) >= 11 is 0. The minimum absolute atomic E-state index is 0.714. The lowest BCUT2D eigenvalue weighted by molar-refractivity contribution is 0.795. The molecule has 0 saturated carbocycles. The molecule has 0 radical (unpaired) electrons. The lowest BCUT2D eigenvalue weighted by Crippen LogP contribution is -2.05. The van der Waals surface area contributed by atoms with Gasteiger partial charge in [0.1, 0.15) is 0 Å². The van der Waals surface area contributed by atoms with Crippen LogP contribution >= 0.6 is 0 Å². The third-order valence-electron chi connectivity index (χ3n) is 3.08. The summed E-state index contributed by atoms with van der Waals surface area (Å²) in [5.41, 5.74) is 2.52. The van der Waals surface area contributed by atoms with E-state index in [0.29, 0.717) is 6.54 Å². The summed E-state index contributed by atoms with van der Waals surface area (Å²) in [6, 6.07) is 8.68. The Morgan fingerprint density at radius 2 is 2.11 bits per heavy atom. The second-order valence-corrected chi connectivity index (χ2v) is 4.56. The lowest BCUT2D eigenvalue weighted by atomic mass is 10.1. The number of unbranched alkanes of at least 4 members (excludes halogenated alkanes) is 1. The van der Waals surface area contributed by atoms with Crippen molar-refractivity contribution >= 4 is 5.95 Å². The van der Waals surface area contributed by atoms with E-state index in [9.17, 15) is 0 Å². The van der Waals surface area contributed by atoms with Crippen molar-refractivity contribution in [3.8, 4) is 5.69 Å². The van der Waals surface area contributed by atoms with Crippen LogP contribution in [0.2, 0.25) is 0 Å². The topological polar surface area (TPSA) is 29.9 Å². The highest BCUT2D eigenvalue weighted by Crippen LogP contribution is 2.16. The molecular weight excluding hydrogens is 234 g/mol. The standard InChI is InChI=1S/C16H21N3/c1-3-5-6-14-7-9-15(10-8-14)19-13-12-18-16(19)17-11-4-2/h4,7-10,12-13H,2-3,5-6,11H2,1H3,(H,17,18). The van der Waals surface area contributed by atoms with Crippen LogP contribution in [0.1, 0.15) is 25.3 Å². The zero-order chi connectivity index (χ0) is 13.5. The van der Waals surface area contributed by atoms with Gasteiger partial charge in [0.2, 0.25) is 5.95 Å². The number of nitrogens with one attached hydrogen (secondary N) is 1. The van der Waals surface area contributed by atoms with Crippen LogP contribution in [0.3, 0.4) is 0 Å². The molecule has 0 bridgehead atoms. The van der Waals surface area contributed by atoms with E-state index >= 15 is 0 Å². The summed E-state index contributed by atoms with van der Waals surface area (Å²) in [6.45, 7) is 6.64. The second kappa shape index (κ2) is 6.78. The molecule has 0 atom stereocenters. The highest BCUT2D eigenvalue weighted by molar-refractivity contribution is 5.43. The van der Waals surface area contributed by atoms with E-state index in [1.54, 1.807) is 6.20 Å². The minimum atomic E-state index is 0.714. The van der Waals surface area contributed by atoms with Gasteiger partial charge < -0.3 is 5.32 Å². The number of rotatable bonds is 7. The summed E-state index contributed by atoms with van der Waals surface area (Å²) in [4.78, 5) is 4.31. The van der Waals surface area contributed by atoms with Crippen LogP contribution in [0.15, 0.2) is 49.3 Å². The largest absolute Gasteiger partial charge is 0.352 e. The van der Waals surface area contributed by atoms with Gasteiger partial charge in [-0.2, -0.15) is 0 Å². The van der Waals surface area contributed by atoms with E-state index in [4.69, 9.17) is 0 Å². The van der Waals surface area contributed by atoms with Crippen LogP contribution in [0, 0.1) is 0 Å². The fourth-order valence-electron chi connectivity index (χ4n) is 2.01. The second-order valence-electron chi connectivity index (χ2n) is 4.56. The number of aromatic nitrogens is 2. The summed E-state index contributed by atoms with van der Waals surface area (Å²) in [7, 11) is 0. The van der Waals surface area contributed by atoms with Crippen molar-refractivity contribution in [2.24, 2.45) is 0 Å². The van der Waals surface area contributed by atoms with Crippen molar-refractivity contribution < 1.29 is 0 Å². The van der Waals surface area contributed by atoms with E-state index in [-0.39, 0.29) is 0 Å². The van der Waals surface area contributed by atoms with E-state index in [0.717, 1.165) is 18.1 Å². The van der Waals surface area contributed by atoms with Gasteiger partial charge in [-0.15, -0.1) is 6.58 Å². The highest BCUT2D eigenvalue weighted by atomic mass is 15.2. The van der Waals surface area contributed by atoms with Crippen LogP contribution < -0.4 is 5.32 Å². The molecule has 2 rings (SSSR count). The Kier molecular flexibility index (Phi) is 4.78. The molecule has 2 aromatic rings. The molecule has 0 spiro atoms. The van der Waals surface area contributed by atoms with Crippen LogP contribution in [-0.4, -0.2) is 16.1 Å². The molecule has 1 heterocycles. The van der Waals surface area contributed by atoms with Gasteiger partial charge >= 0.3 is 0 Å². The molecule has 0 amide bonds. The number of benzene rings is 1. The van der Waals surface area contributed by atoms with Crippen molar-refractivity contribution in [1.29, 1.82) is 0 Å². The van der Waals surface area contributed by atoms with E-state index < -0.39 is 0 Å². The zero-order valence-electron chi connectivity index (χ0n) is 11.5. The van der Waals surface area contributed by atoms with Crippen molar-refractivity contribution in [1.82, 2.24) is 9.55 Å². The van der Waals surface area contributed by atoms with Gasteiger partial charge in [-0.3, -0.25) is 4.57 Å². The first-order chi connectivity index (χ1) is 9.35. The average molecular weight is 255 g/mol. The molecule has 0 aliphatic carbocycles. The minimum Gasteiger partial charge on any atom is -0.352 e. The molecule has 100 valence electrons. The molecule has 1 aromatic heterocycles. The number of hydrogen-bond acceptors (Lipinski definition) is 2. The summed E-state index contributed by atoms with van der Waals surface area (Å²) in [5.74, 6) is 0.848. The molecule has 0 saturated heterocycles. The van der Waals surface area contributed by atoms with Gasteiger partial charge in [0.05, 0.1) is 0 Å². The number of imidazole rings is 1. The molecule has 19 heavy (non-hydrogen) atoms. The van der Waals surface area contributed by atoms with Crippen LogP contribution in [0.5, 0.6) is 0 Å². The smallest absolute Gasteiger partial charge is 0.207 e. The first-order valence-electron chi connectivity index (χ1n) is 6.82.